The summed E-state index contributed by atoms with van der Waals surface area (Å²) in [7, 11) is 1.78. The van der Waals surface area contributed by atoms with Crippen molar-refractivity contribution in [3.8, 4) is 5.75 Å². The van der Waals surface area contributed by atoms with E-state index in [-0.39, 0.29) is 55.2 Å². The molecule has 0 aromatic heterocycles. The number of rotatable bonds is 8. The van der Waals surface area contributed by atoms with Gasteiger partial charge in [0.2, 0.25) is 5.91 Å². The molecule has 0 spiro atoms. The van der Waals surface area contributed by atoms with Gasteiger partial charge in [-0.3, -0.25) is 9.59 Å². The first-order valence-electron chi connectivity index (χ1n) is 15.7. The Labute approximate surface area is 262 Å². The highest BCUT2D eigenvalue weighted by atomic mass is 16.5. The largest absolute Gasteiger partial charge is 0.490 e. The minimum Gasteiger partial charge on any atom is -0.490 e. The van der Waals surface area contributed by atoms with Crippen LogP contribution in [-0.2, 0) is 16.0 Å². The fourth-order valence-electron chi connectivity index (χ4n) is 5.17. The summed E-state index contributed by atoms with van der Waals surface area (Å²) in [5.74, 6) is -0.0668. The Kier molecular flexibility index (Phi) is 13.5. The zero-order valence-corrected chi connectivity index (χ0v) is 27.0. The molecule has 1 heterocycles. The molecule has 0 unspecified atom stereocenters. The molecule has 3 N–H and O–H groups in total. The number of hydrogen-bond donors (Lipinski definition) is 3. The molecule has 10 nitrogen and oxygen atoms in total. The van der Waals surface area contributed by atoms with Crippen LogP contribution in [0.25, 0.3) is 0 Å². The number of urea groups is 1. The quantitative estimate of drug-likeness (QED) is 0.398. The van der Waals surface area contributed by atoms with Gasteiger partial charge in [-0.25, -0.2) is 4.79 Å². The monoisotopic (exact) mass is 610 g/mol. The van der Waals surface area contributed by atoms with Crippen molar-refractivity contribution < 1.29 is 29.0 Å². The summed E-state index contributed by atoms with van der Waals surface area (Å²) in [6.45, 7) is 10.4. The highest BCUT2D eigenvalue weighted by molar-refractivity contribution is 5.99. The standard InChI is InChI=1S/C34H50N4O6/c1-23(2)35-34(42)36-28-15-16-30-29(19-28)33(41)38(25(4)22-39)20-24(3)31(43-17-11-10-12-26(5)44-30)21-37(6)32(40)18-27-13-8-7-9-14-27/h7-9,13-16,19,23-26,31,39H,10-12,17-18,20-22H2,1-6H3,(H2,35,36,42)/t24-,25+,26-,31-/m0/s1. The van der Waals surface area contributed by atoms with E-state index in [0.29, 0.717) is 36.6 Å². The molecule has 2 aromatic carbocycles. The van der Waals surface area contributed by atoms with Crippen LogP contribution in [0.3, 0.4) is 0 Å². The number of nitrogens with zero attached hydrogens (tertiary/aromatic N) is 2. The maximum atomic E-state index is 14.2. The van der Waals surface area contributed by atoms with Gasteiger partial charge in [0.25, 0.3) is 5.91 Å². The van der Waals surface area contributed by atoms with Gasteiger partial charge in [0.15, 0.2) is 0 Å². The van der Waals surface area contributed by atoms with Crippen molar-refractivity contribution in [3.63, 3.8) is 0 Å². The Hall–Kier alpha value is -3.63. The molecule has 2 aromatic rings. The Morgan fingerprint density at radius 3 is 2.50 bits per heavy atom. The summed E-state index contributed by atoms with van der Waals surface area (Å²) in [5.41, 5.74) is 1.71. The van der Waals surface area contributed by atoms with Gasteiger partial charge in [-0.1, -0.05) is 37.3 Å². The van der Waals surface area contributed by atoms with Gasteiger partial charge >= 0.3 is 6.03 Å². The second kappa shape index (κ2) is 17.0. The number of amides is 4. The molecular weight excluding hydrogens is 560 g/mol. The second-order valence-corrected chi connectivity index (χ2v) is 12.2. The lowest BCUT2D eigenvalue weighted by atomic mass is 10.0. The lowest BCUT2D eigenvalue weighted by Gasteiger charge is -2.36. The topological polar surface area (TPSA) is 120 Å². The van der Waals surface area contributed by atoms with E-state index in [2.05, 4.69) is 10.6 Å². The van der Waals surface area contributed by atoms with Gasteiger partial charge in [-0.05, 0) is 70.7 Å². The molecule has 44 heavy (non-hydrogen) atoms. The molecular formula is C34H50N4O6. The van der Waals surface area contributed by atoms with Crippen LogP contribution in [-0.4, -0.2) is 90.4 Å². The molecule has 0 saturated carbocycles. The number of aliphatic hydroxyl groups excluding tert-OH is 1. The van der Waals surface area contributed by atoms with E-state index in [4.69, 9.17) is 9.47 Å². The van der Waals surface area contributed by atoms with E-state index in [1.807, 2.05) is 58.0 Å². The molecule has 242 valence electrons. The average molecular weight is 611 g/mol. The van der Waals surface area contributed by atoms with Crippen LogP contribution in [0.4, 0.5) is 10.5 Å². The molecule has 0 bridgehead atoms. The lowest BCUT2D eigenvalue weighted by Crippen LogP contribution is -2.48. The van der Waals surface area contributed by atoms with Gasteiger partial charge in [-0.2, -0.15) is 0 Å². The summed E-state index contributed by atoms with van der Waals surface area (Å²) >= 11 is 0. The molecule has 1 aliphatic heterocycles. The zero-order valence-electron chi connectivity index (χ0n) is 27.0. The number of fused-ring (bicyclic) bond motifs is 1. The second-order valence-electron chi connectivity index (χ2n) is 12.2. The number of aliphatic hydroxyl groups is 1. The van der Waals surface area contributed by atoms with Crippen molar-refractivity contribution >= 4 is 23.5 Å². The summed E-state index contributed by atoms with van der Waals surface area (Å²) in [5, 5.41) is 15.7. The van der Waals surface area contributed by atoms with Crippen molar-refractivity contribution in [2.24, 2.45) is 5.92 Å². The molecule has 10 heteroatoms. The van der Waals surface area contributed by atoms with Crippen molar-refractivity contribution in [2.45, 2.75) is 84.6 Å². The smallest absolute Gasteiger partial charge is 0.319 e. The predicted molar refractivity (Wildman–Crippen MR) is 172 cm³/mol. The van der Waals surface area contributed by atoms with Crippen LogP contribution in [0.5, 0.6) is 5.75 Å². The van der Waals surface area contributed by atoms with Crippen molar-refractivity contribution in [1.82, 2.24) is 15.1 Å². The minimum absolute atomic E-state index is 0.00973. The zero-order chi connectivity index (χ0) is 32.2. The maximum Gasteiger partial charge on any atom is 0.319 e. The van der Waals surface area contributed by atoms with Gasteiger partial charge < -0.3 is 35.0 Å². The van der Waals surface area contributed by atoms with Gasteiger partial charge in [-0.15, -0.1) is 0 Å². The Balaban J connectivity index is 1.89. The molecule has 0 radical (unpaired) electrons. The van der Waals surface area contributed by atoms with Gasteiger partial charge in [0.1, 0.15) is 5.75 Å². The molecule has 4 amide bonds. The van der Waals surface area contributed by atoms with E-state index < -0.39 is 6.04 Å². The maximum absolute atomic E-state index is 14.2. The molecule has 0 fully saturated rings. The number of carbonyl (C=O) groups is 3. The highest BCUT2D eigenvalue weighted by Crippen LogP contribution is 2.28. The molecule has 3 rings (SSSR count). The van der Waals surface area contributed by atoms with E-state index in [0.717, 1.165) is 24.8 Å². The van der Waals surface area contributed by atoms with Crippen LogP contribution in [0.15, 0.2) is 48.5 Å². The number of carbonyl (C=O) groups excluding carboxylic acids is 3. The lowest BCUT2D eigenvalue weighted by molar-refractivity contribution is -0.131. The van der Waals surface area contributed by atoms with Crippen LogP contribution >= 0.6 is 0 Å². The molecule has 4 atom stereocenters. The Morgan fingerprint density at radius 1 is 1.09 bits per heavy atom. The summed E-state index contributed by atoms with van der Waals surface area (Å²) in [6.07, 6.45) is 2.27. The van der Waals surface area contributed by atoms with Crippen molar-refractivity contribution in [2.75, 3.05) is 38.7 Å². The number of hydrogen-bond acceptors (Lipinski definition) is 6. The first-order chi connectivity index (χ1) is 21.0. The van der Waals surface area contributed by atoms with Crippen LogP contribution in [0, 0.1) is 5.92 Å². The third kappa shape index (κ3) is 10.5. The number of benzene rings is 2. The van der Waals surface area contributed by atoms with Gasteiger partial charge in [0.05, 0.1) is 36.8 Å². The number of ether oxygens (including phenoxy) is 2. The fraction of sp³-hybridized carbons (Fsp3) is 0.559. The van der Waals surface area contributed by atoms with Crippen molar-refractivity contribution in [3.05, 3.63) is 59.7 Å². The Morgan fingerprint density at radius 2 is 1.82 bits per heavy atom. The first kappa shape index (κ1) is 34.9. The Bertz CT molecular complexity index is 1220. The molecule has 0 aliphatic carbocycles. The average Bonchev–Trinajstić information content (AvgIpc) is 2.98. The number of likely N-dealkylation sites (N-methyl/N-ethyl adjacent to an activating group) is 1. The van der Waals surface area contributed by atoms with Crippen molar-refractivity contribution in [1.29, 1.82) is 0 Å². The van der Waals surface area contributed by atoms with E-state index >= 15 is 0 Å². The SMILES string of the molecule is CC(C)NC(=O)Nc1ccc2c(c1)C(=O)N([C@H](C)CO)C[C@H](C)[C@H](CN(C)C(=O)Cc1ccccc1)OCCCC[C@H](C)O2. The molecule has 1 aliphatic rings. The normalized spacial score (nSPS) is 20.6. The third-order valence-corrected chi connectivity index (χ3v) is 7.81. The minimum atomic E-state index is -0.498. The van der Waals surface area contributed by atoms with Gasteiger partial charge in [0, 0.05) is 44.4 Å². The van der Waals surface area contributed by atoms with Crippen LogP contribution in [0.2, 0.25) is 0 Å². The third-order valence-electron chi connectivity index (χ3n) is 7.81. The van der Waals surface area contributed by atoms with Crippen LogP contribution in [0.1, 0.15) is 69.8 Å². The first-order valence-corrected chi connectivity index (χ1v) is 15.7. The van der Waals surface area contributed by atoms with E-state index in [9.17, 15) is 19.5 Å². The predicted octanol–water partition coefficient (Wildman–Crippen LogP) is 4.71. The molecule has 0 saturated heterocycles. The van der Waals surface area contributed by atoms with Crippen LogP contribution < -0.4 is 15.4 Å². The number of nitrogens with one attached hydrogen (secondary N) is 2. The summed E-state index contributed by atoms with van der Waals surface area (Å²) in [4.78, 5) is 43.0. The van der Waals surface area contributed by atoms with E-state index in [1.165, 1.54) is 0 Å². The summed E-state index contributed by atoms with van der Waals surface area (Å²) < 4.78 is 12.6. The van der Waals surface area contributed by atoms with E-state index in [1.54, 1.807) is 42.0 Å². The fourth-order valence-corrected chi connectivity index (χ4v) is 5.17. The summed E-state index contributed by atoms with van der Waals surface area (Å²) in [6, 6.07) is 13.8. The number of anilines is 1. The highest BCUT2D eigenvalue weighted by Gasteiger charge is 2.31.